The highest BCUT2D eigenvalue weighted by atomic mass is 16.4. The summed E-state index contributed by atoms with van der Waals surface area (Å²) in [5.41, 5.74) is 10.9. The predicted octanol–water partition coefficient (Wildman–Crippen LogP) is -0.835. The Balaban J connectivity index is 2.18. The molecule has 1 aliphatic heterocycles. The average molecular weight is 371 g/mol. The fourth-order valence-corrected chi connectivity index (χ4v) is 2.84. The first-order valence-corrected chi connectivity index (χ1v) is 9.14. The number of nitrogens with zero attached hydrogens (tertiary/aromatic N) is 1. The number of carbonyl (C=O) groups is 3. The highest BCUT2D eigenvalue weighted by Gasteiger charge is 2.26. The summed E-state index contributed by atoms with van der Waals surface area (Å²) < 4.78 is 1.97. The molecule has 148 valence electrons. The van der Waals surface area contributed by atoms with Gasteiger partial charge in [0.15, 0.2) is 0 Å². The molecule has 0 amide bonds. The quantitative estimate of drug-likeness (QED) is 0.207. The largest absolute Gasteiger partial charge is 0.480 e. The van der Waals surface area contributed by atoms with Crippen LogP contribution in [0.2, 0.25) is 0 Å². The van der Waals surface area contributed by atoms with Gasteiger partial charge in [0.25, 0.3) is 0 Å². The van der Waals surface area contributed by atoms with E-state index in [9.17, 15) is 14.4 Å². The number of rotatable bonds is 13. The Morgan fingerprint density at radius 1 is 1.12 bits per heavy atom. The summed E-state index contributed by atoms with van der Waals surface area (Å²) in [6.07, 6.45) is 6.21. The number of carboxylic acid groups (broad SMARTS) is 2. The van der Waals surface area contributed by atoms with Crippen LogP contribution in [0.5, 0.6) is 0 Å². The molecule has 9 nitrogen and oxygen atoms in total. The number of carbonyl (C=O) groups excluding carboxylic acids is 1. The lowest BCUT2D eigenvalue weighted by molar-refractivity contribution is -0.526. The van der Waals surface area contributed by atoms with Crippen LogP contribution < -0.4 is 16.8 Å². The molecule has 0 saturated heterocycles. The molecule has 3 atom stereocenters. The van der Waals surface area contributed by atoms with Crippen molar-refractivity contribution in [2.45, 2.75) is 63.1 Å². The summed E-state index contributed by atoms with van der Waals surface area (Å²) >= 11 is 0. The van der Waals surface area contributed by atoms with Crippen LogP contribution in [0.3, 0.4) is 0 Å². The molecule has 0 saturated carbocycles. The standard InChI is InChI=1S/C17H30N4O5/c18-12(16(23)24)5-1-3-8-20-14-7-10-21(11-15(14)22)9-4-2-6-13(19)17(25)26/h11-14,20H,1-10,18-19H2,(H-,23,24,25,26)/p+1. The van der Waals surface area contributed by atoms with Crippen molar-refractivity contribution in [1.82, 2.24) is 5.32 Å². The van der Waals surface area contributed by atoms with E-state index < -0.39 is 24.0 Å². The fourth-order valence-electron chi connectivity index (χ4n) is 2.84. The fraction of sp³-hybridized carbons (Fsp3) is 0.765. The highest BCUT2D eigenvalue weighted by molar-refractivity contribution is 6.28. The maximum atomic E-state index is 12.1. The Labute approximate surface area is 153 Å². The second kappa shape index (κ2) is 11.7. The number of hydrogen-bond acceptors (Lipinski definition) is 6. The van der Waals surface area contributed by atoms with Gasteiger partial charge in [-0.05, 0) is 32.2 Å². The number of ketones is 1. The van der Waals surface area contributed by atoms with Gasteiger partial charge in [-0.3, -0.25) is 14.4 Å². The van der Waals surface area contributed by atoms with Gasteiger partial charge in [0.2, 0.25) is 12.0 Å². The minimum atomic E-state index is -0.986. The van der Waals surface area contributed by atoms with Gasteiger partial charge in [0, 0.05) is 12.8 Å². The molecule has 0 radical (unpaired) electrons. The van der Waals surface area contributed by atoms with Crippen molar-refractivity contribution in [2.24, 2.45) is 11.5 Å². The van der Waals surface area contributed by atoms with Crippen LogP contribution in [0.25, 0.3) is 0 Å². The molecule has 0 aromatic rings. The first kappa shape index (κ1) is 22.2. The lowest BCUT2D eigenvalue weighted by Crippen LogP contribution is -2.45. The van der Waals surface area contributed by atoms with E-state index in [1.807, 2.05) is 4.58 Å². The van der Waals surface area contributed by atoms with Crippen molar-refractivity contribution in [3.05, 3.63) is 0 Å². The van der Waals surface area contributed by atoms with E-state index in [0.29, 0.717) is 32.2 Å². The van der Waals surface area contributed by atoms with E-state index in [1.165, 1.54) is 0 Å². The molecule has 0 aromatic heterocycles. The van der Waals surface area contributed by atoms with Gasteiger partial charge in [-0.15, -0.1) is 0 Å². The van der Waals surface area contributed by atoms with Crippen LogP contribution in [0.1, 0.15) is 44.9 Å². The smallest absolute Gasteiger partial charge is 0.320 e. The van der Waals surface area contributed by atoms with Crippen LogP contribution in [-0.4, -0.2) is 76.5 Å². The SMILES string of the molecule is NC(CCCCNC1CC[N+](CCCCC(N)C(=O)O)=CC1=O)C(=O)O. The van der Waals surface area contributed by atoms with Crippen molar-refractivity contribution < 1.29 is 29.2 Å². The Hall–Kier alpha value is -1.84. The average Bonchev–Trinajstić information content (AvgIpc) is 2.59. The number of nitrogens with two attached hydrogens (primary N) is 2. The molecule has 3 unspecified atom stereocenters. The van der Waals surface area contributed by atoms with Crippen molar-refractivity contribution in [2.75, 3.05) is 19.6 Å². The zero-order valence-electron chi connectivity index (χ0n) is 15.1. The van der Waals surface area contributed by atoms with E-state index in [-0.39, 0.29) is 11.8 Å². The van der Waals surface area contributed by atoms with E-state index in [0.717, 1.165) is 32.4 Å². The number of nitrogens with one attached hydrogen (secondary N) is 1. The second-order valence-corrected chi connectivity index (χ2v) is 6.74. The molecule has 7 N–H and O–H groups in total. The molecule has 1 rings (SSSR count). The highest BCUT2D eigenvalue weighted by Crippen LogP contribution is 2.05. The Bertz CT molecular complexity index is 523. The van der Waals surface area contributed by atoms with Crippen molar-refractivity contribution in [3.63, 3.8) is 0 Å². The van der Waals surface area contributed by atoms with Crippen molar-refractivity contribution >= 4 is 23.9 Å². The van der Waals surface area contributed by atoms with E-state index in [4.69, 9.17) is 21.7 Å². The predicted molar refractivity (Wildman–Crippen MR) is 96.4 cm³/mol. The summed E-state index contributed by atoms with van der Waals surface area (Å²) in [4.78, 5) is 33.4. The molecule has 1 aliphatic rings. The Kier molecular flexibility index (Phi) is 10.0. The molecular formula is C17H31N4O5+. The summed E-state index contributed by atoms with van der Waals surface area (Å²) in [5, 5.41) is 20.6. The van der Waals surface area contributed by atoms with Crippen LogP contribution in [0.4, 0.5) is 0 Å². The molecular weight excluding hydrogens is 340 g/mol. The maximum absolute atomic E-state index is 12.1. The van der Waals surface area contributed by atoms with Gasteiger partial charge in [-0.1, -0.05) is 6.42 Å². The third-order valence-corrected chi connectivity index (χ3v) is 4.54. The van der Waals surface area contributed by atoms with Gasteiger partial charge in [-0.25, -0.2) is 4.58 Å². The number of Topliss-reactive ketones (excluding diaryl/α,β-unsaturated/α-hetero) is 1. The summed E-state index contributed by atoms with van der Waals surface area (Å²) in [5.74, 6) is -1.93. The van der Waals surface area contributed by atoms with Crippen LogP contribution >= 0.6 is 0 Å². The number of unbranched alkanes of at least 4 members (excludes halogenated alkanes) is 2. The van der Waals surface area contributed by atoms with Gasteiger partial charge >= 0.3 is 11.9 Å². The minimum absolute atomic E-state index is 0.0423. The first-order valence-electron chi connectivity index (χ1n) is 9.14. The molecule has 0 aromatic carbocycles. The van der Waals surface area contributed by atoms with E-state index >= 15 is 0 Å². The maximum Gasteiger partial charge on any atom is 0.320 e. The van der Waals surface area contributed by atoms with Crippen LogP contribution in [0.15, 0.2) is 0 Å². The normalized spacial score (nSPS) is 19.7. The van der Waals surface area contributed by atoms with E-state index in [2.05, 4.69) is 5.32 Å². The zero-order chi connectivity index (χ0) is 19.5. The van der Waals surface area contributed by atoms with Gasteiger partial charge in [0.05, 0.1) is 6.04 Å². The molecule has 0 aliphatic carbocycles. The number of aliphatic carboxylic acids is 2. The van der Waals surface area contributed by atoms with Crippen molar-refractivity contribution in [1.29, 1.82) is 0 Å². The molecule has 0 bridgehead atoms. The molecule has 1 heterocycles. The lowest BCUT2D eigenvalue weighted by Gasteiger charge is -2.19. The van der Waals surface area contributed by atoms with E-state index in [1.54, 1.807) is 6.21 Å². The molecule has 0 spiro atoms. The molecule has 0 fully saturated rings. The third-order valence-electron chi connectivity index (χ3n) is 4.54. The van der Waals surface area contributed by atoms with Crippen LogP contribution in [-0.2, 0) is 14.4 Å². The Morgan fingerprint density at radius 3 is 2.23 bits per heavy atom. The van der Waals surface area contributed by atoms with Gasteiger partial charge in [-0.2, -0.15) is 0 Å². The van der Waals surface area contributed by atoms with Crippen LogP contribution in [0, 0.1) is 0 Å². The topological polar surface area (TPSA) is 159 Å². The lowest BCUT2D eigenvalue weighted by atomic mass is 10.0. The summed E-state index contributed by atoms with van der Waals surface area (Å²) in [7, 11) is 0. The number of carboxylic acids is 2. The third kappa shape index (κ3) is 8.50. The number of hydrogen-bond donors (Lipinski definition) is 5. The zero-order valence-corrected chi connectivity index (χ0v) is 15.1. The second-order valence-electron chi connectivity index (χ2n) is 6.74. The van der Waals surface area contributed by atoms with Gasteiger partial charge in [0.1, 0.15) is 25.2 Å². The summed E-state index contributed by atoms with van der Waals surface area (Å²) in [6, 6.07) is -1.83. The minimum Gasteiger partial charge on any atom is -0.480 e. The summed E-state index contributed by atoms with van der Waals surface area (Å²) in [6.45, 7) is 2.15. The monoisotopic (exact) mass is 371 g/mol. The molecule has 9 heteroatoms. The first-order chi connectivity index (χ1) is 12.3. The van der Waals surface area contributed by atoms with Crippen molar-refractivity contribution in [3.8, 4) is 0 Å². The van der Waals surface area contributed by atoms with Gasteiger partial charge < -0.3 is 27.0 Å². The molecule has 26 heavy (non-hydrogen) atoms. The Morgan fingerprint density at radius 2 is 1.69 bits per heavy atom.